The molecule has 2 aliphatic rings. The third-order valence-electron chi connectivity index (χ3n) is 9.76. The molecule has 4 N–H and O–H groups in total. The fraction of sp³-hybridized carbons (Fsp3) is 0.444. The summed E-state index contributed by atoms with van der Waals surface area (Å²) >= 11 is 0. The van der Waals surface area contributed by atoms with E-state index >= 15 is 0 Å². The van der Waals surface area contributed by atoms with Gasteiger partial charge in [-0.15, -0.1) is 0 Å². The number of halogens is 2. The van der Waals surface area contributed by atoms with Crippen LogP contribution in [0.5, 0.6) is 0 Å². The monoisotopic (exact) mass is 698 g/mol. The number of benzene rings is 3. The number of nitrogens with zero attached hydrogens (tertiary/aromatic N) is 1. The molecule has 2 amide bonds. The van der Waals surface area contributed by atoms with Crippen molar-refractivity contribution in [2.45, 2.75) is 67.6 Å². The Bertz CT molecular complexity index is 1620. The molecule has 49 heavy (non-hydrogen) atoms. The molecule has 6 unspecified atom stereocenters. The number of methoxy groups -OCH3 is 1. The lowest BCUT2D eigenvalue weighted by atomic mass is 9.84. The Balaban J connectivity index is 1.33. The summed E-state index contributed by atoms with van der Waals surface area (Å²) in [5.74, 6) is -2.49. The standard InChI is InChI=1S/C36H44F2N4O6S/c1-23(32-22-39-18-19-42(32)49(46,47)30-6-4-3-5-7-30)8-9-26-20-29(43)21-31(26)40-35(44)34(41-36(45)48-2)33(24-10-14-27(37)15-11-24)25-12-16-28(38)17-13-25/h3-7,10-17,23,26,29,31-34,39,43H,8-9,18-22H2,1-2H3,(H,40,44)(H,41,45). The number of alkyl carbamates (subject to hydrolysis) is 1. The fourth-order valence-corrected chi connectivity index (χ4v) is 8.90. The van der Waals surface area contributed by atoms with Gasteiger partial charge in [-0.25, -0.2) is 22.0 Å². The van der Waals surface area contributed by atoms with Crippen molar-refractivity contribution >= 4 is 22.0 Å². The number of carbonyl (C=O) groups excluding carboxylic acids is 2. The molecule has 3 aromatic carbocycles. The lowest BCUT2D eigenvalue weighted by Gasteiger charge is -2.39. The number of nitrogens with one attached hydrogen (secondary N) is 3. The molecule has 0 aromatic heterocycles. The van der Waals surface area contributed by atoms with E-state index in [0.717, 1.165) is 0 Å². The summed E-state index contributed by atoms with van der Waals surface area (Å²) in [5.41, 5.74) is 1.02. The Morgan fingerprint density at radius 3 is 2.18 bits per heavy atom. The number of hydrogen-bond donors (Lipinski definition) is 4. The van der Waals surface area contributed by atoms with E-state index in [1.54, 1.807) is 34.6 Å². The number of rotatable bonds is 12. The minimum atomic E-state index is -3.70. The lowest BCUT2D eigenvalue weighted by Crippen LogP contribution is -2.56. The van der Waals surface area contributed by atoms with Crippen LogP contribution in [0.4, 0.5) is 13.6 Å². The van der Waals surface area contributed by atoms with Gasteiger partial charge in [0.2, 0.25) is 15.9 Å². The molecule has 0 radical (unpaired) electrons. The first-order valence-corrected chi connectivity index (χ1v) is 18.0. The summed E-state index contributed by atoms with van der Waals surface area (Å²) in [6.45, 7) is 3.44. The van der Waals surface area contributed by atoms with Crippen LogP contribution in [0.15, 0.2) is 83.8 Å². The van der Waals surface area contributed by atoms with E-state index in [1.165, 1.54) is 55.6 Å². The average molecular weight is 699 g/mol. The van der Waals surface area contributed by atoms with E-state index in [9.17, 15) is 31.9 Å². The van der Waals surface area contributed by atoms with Gasteiger partial charge in [-0.3, -0.25) is 4.79 Å². The molecule has 13 heteroatoms. The van der Waals surface area contributed by atoms with Crippen LogP contribution in [0.2, 0.25) is 0 Å². The molecule has 1 saturated carbocycles. The van der Waals surface area contributed by atoms with Crippen molar-refractivity contribution in [3.8, 4) is 0 Å². The molecule has 264 valence electrons. The normalized spacial score (nSPS) is 22.7. The maximum Gasteiger partial charge on any atom is 0.407 e. The third kappa shape index (κ3) is 8.82. The first-order chi connectivity index (χ1) is 23.5. The quantitative estimate of drug-likeness (QED) is 0.223. The van der Waals surface area contributed by atoms with E-state index in [0.29, 0.717) is 56.4 Å². The fourth-order valence-electron chi connectivity index (χ4n) is 7.16. The molecular formula is C36H44F2N4O6S. The highest BCUT2D eigenvalue weighted by molar-refractivity contribution is 7.89. The zero-order valence-corrected chi connectivity index (χ0v) is 28.4. The highest BCUT2D eigenvalue weighted by atomic mass is 32.2. The summed E-state index contributed by atoms with van der Waals surface area (Å²) in [6.07, 6.45) is 0.492. The Hall–Kier alpha value is -3.91. The number of carbonyl (C=O) groups is 2. The van der Waals surface area contributed by atoms with Crippen molar-refractivity contribution in [3.63, 3.8) is 0 Å². The Kier molecular flexibility index (Phi) is 12.0. The number of hydrogen-bond acceptors (Lipinski definition) is 7. The van der Waals surface area contributed by atoms with Crippen LogP contribution in [-0.4, -0.2) is 80.8 Å². The lowest BCUT2D eigenvalue weighted by molar-refractivity contribution is -0.124. The van der Waals surface area contributed by atoms with Crippen molar-refractivity contribution in [3.05, 3.63) is 102 Å². The summed E-state index contributed by atoms with van der Waals surface area (Å²) in [7, 11) is -2.53. The van der Waals surface area contributed by atoms with Gasteiger partial charge in [-0.2, -0.15) is 4.31 Å². The molecular weight excluding hydrogens is 654 g/mol. The van der Waals surface area contributed by atoms with Gasteiger partial charge < -0.3 is 25.8 Å². The first kappa shape index (κ1) is 36.4. The van der Waals surface area contributed by atoms with E-state index in [1.807, 2.05) is 6.92 Å². The minimum absolute atomic E-state index is 0.0320. The highest BCUT2D eigenvalue weighted by Gasteiger charge is 2.40. The van der Waals surface area contributed by atoms with Crippen LogP contribution < -0.4 is 16.0 Å². The van der Waals surface area contributed by atoms with Crippen LogP contribution in [0, 0.1) is 23.5 Å². The van der Waals surface area contributed by atoms with Crippen molar-refractivity contribution < 1.29 is 36.6 Å². The second-order valence-corrected chi connectivity index (χ2v) is 14.8. The van der Waals surface area contributed by atoms with Crippen LogP contribution in [-0.2, 0) is 19.6 Å². The van der Waals surface area contributed by atoms with Gasteiger partial charge in [0.25, 0.3) is 0 Å². The van der Waals surface area contributed by atoms with Gasteiger partial charge in [0.1, 0.15) is 17.7 Å². The summed E-state index contributed by atoms with van der Waals surface area (Å²) < 4.78 is 61.4. The van der Waals surface area contributed by atoms with Crippen LogP contribution in [0.1, 0.15) is 49.7 Å². The topological polar surface area (TPSA) is 137 Å². The van der Waals surface area contributed by atoms with Crippen LogP contribution in [0.25, 0.3) is 0 Å². The molecule has 3 aromatic rings. The molecule has 6 atom stereocenters. The van der Waals surface area contributed by atoms with Gasteiger partial charge in [-0.05, 0) is 85.0 Å². The van der Waals surface area contributed by atoms with Gasteiger partial charge in [0, 0.05) is 37.6 Å². The zero-order chi connectivity index (χ0) is 35.1. The molecule has 1 saturated heterocycles. The van der Waals surface area contributed by atoms with Gasteiger partial charge in [0.05, 0.1) is 18.1 Å². The molecule has 1 aliphatic carbocycles. The molecule has 0 spiro atoms. The first-order valence-electron chi connectivity index (χ1n) is 16.6. The highest BCUT2D eigenvalue weighted by Crippen LogP contribution is 2.35. The van der Waals surface area contributed by atoms with Crippen molar-refractivity contribution in [1.29, 1.82) is 0 Å². The molecule has 10 nitrogen and oxygen atoms in total. The number of piperazine rings is 1. The van der Waals surface area contributed by atoms with E-state index in [2.05, 4.69) is 16.0 Å². The molecule has 0 bridgehead atoms. The van der Waals surface area contributed by atoms with Gasteiger partial charge in [-0.1, -0.05) is 49.4 Å². The molecule has 1 aliphatic heterocycles. The van der Waals surface area contributed by atoms with Crippen LogP contribution in [0.3, 0.4) is 0 Å². The Labute approximate surface area is 286 Å². The van der Waals surface area contributed by atoms with E-state index < -0.39 is 57.8 Å². The summed E-state index contributed by atoms with van der Waals surface area (Å²) in [5, 5.41) is 19.7. The number of amides is 2. The number of ether oxygens (including phenoxy) is 1. The van der Waals surface area contributed by atoms with Crippen LogP contribution >= 0.6 is 0 Å². The molecule has 2 fully saturated rings. The largest absolute Gasteiger partial charge is 0.453 e. The Morgan fingerprint density at radius 1 is 0.980 bits per heavy atom. The Morgan fingerprint density at radius 2 is 1.59 bits per heavy atom. The van der Waals surface area contributed by atoms with Crippen molar-refractivity contribution in [2.24, 2.45) is 11.8 Å². The molecule has 1 heterocycles. The number of sulfonamides is 1. The maximum atomic E-state index is 14.1. The van der Waals surface area contributed by atoms with Gasteiger partial charge >= 0.3 is 6.09 Å². The third-order valence-corrected chi connectivity index (χ3v) is 11.7. The minimum Gasteiger partial charge on any atom is -0.453 e. The number of aliphatic hydroxyl groups excluding tert-OH is 1. The number of aliphatic hydroxyl groups is 1. The second-order valence-electron chi connectivity index (χ2n) is 12.9. The summed E-state index contributed by atoms with van der Waals surface area (Å²) in [6, 6.07) is 17.5. The van der Waals surface area contributed by atoms with Crippen molar-refractivity contribution in [2.75, 3.05) is 26.7 Å². The predicted molar refractivity (Wildman–Crippen MR) is 180 cm³/mol. The SMILES string of the molecule is COC(=O)NC(C(=O)NC1CC(O)CC1CCC(C)C1CNCCN1S(=O)(=O)c1ccccc1)C(c1ccc(F)cc1)c1ccc(F)cc1. The smallest absolute Gasteiger partial charge is 0.407 e. The summed E-state index contributed by atoms with van der Waals surface area (Å²) in [4.78, 5) is 26.9. The van der Waals surface area contributed by atoms with Crippen molar-refractivity contribution in [1.82, 2.24) is 20.3 Å². The second kappa shape index (κ2) is 16.2. The maximum absolute atomic E-state index is 14.1. The van der Waals surface area contributed by atoms with Gasteiger partial charge in [0.15, 0.2) is 0 Å². The predicted octanol–water partition coefficient (Wildman–Crippen LogP) is 4.16. The van der Waals surface area contributed by atoms with E-state index in [4.69, 9.17) is 4.74 Å². The molecule has 5 rings (SSSR count). The van der Waals surface area contributed by atoms with E-state index in [-0.39, 0.29) is 22.8 Å². The zero-order valence-electron chi connectivity index (χ0n) is 27.6. The average Bonchev–Trinajstić information content (AvgIpc) is 3.46.